The third kappa shape index (κ3) is 1.79. The zero-order chi connectivity index (χ0) is 10.7. The molecule has 1 aromatic carbocycles. The molecule has 4 heteroatoms. The Morgan fingerprint density at radius 3 is 2.57 bits per heavy atom. The van der Waals surface area contributed by atoms with Crippen molar-refractivity contribution in [1.29, 1.82) is 0 Å². The molecule has 2 nitrogen and oxygen atoms in total. The lowest BCUT2D eigenvalue weighted by molar-refractivity contribution is 0.581. The van der Waals surface area contributed by atoms with Crippen molar-refractivity contribution in [3.05, 3.63) is 35.9 Å². The molecule has 0 spiro atoms. The van der Waals surface area contributed by atoms with Gasteiger partial charge in [0.2, 0.25) is 0 Å². The summed E-state index contributed by atoms with van der Waals surface area (Å²) in [7, 11) is 1.60. The fourth-order valence-electron chi connectivity index (χ4n) is 1.11. The minimum atomic E-state index is -0.702. The Labute approximate surface area is 81.0 Å². The van der Waals surface area contributed by atoms with Crippen LogP contribution in [0.2, 0.25) is 0 Å². The summed E-state index contributed by atoms with van der Waals surface area (Å²) in [5.74, 6) is -1.38. The minimum Gasteiger partial charge on any atom is -0.388 e. The molecular weight excluding hydrogens is 186 g/mol. The molecular formula is C10H10F2N2. The van der Waals surface area contributed by atoms with Crippen LogP contribution in [-0.2, 0) is 0 Å². The van der Waals surface area contributed by atoms with Crippen LogP contribution in [0.4, 0.5) is 14.5 Å². The number of nitrogens with one attached hydrogen (secondary N) is 1. The second kappa shape index (κ2) is 4.00. The highest BCUT2D eigenvalue weighted by Gasteiger charge is 2.12. The molecule has 0 saturated carbocycles. The smallest absolute Gasteiger partial charge is 0.137 e. The highest BCUT2D eigenvalue weighted by molar-refractivity contribution is 5.73. The molecule has 1 aromatic rings. The van der Waals surface area contributed by atoms with Crippen LogP contribution >= 0.6 is 0 Å². The zero-order valence-corrected chi connectivity index (χ0v) is 7.77. The van der Waals surface area contributed by atoms with Crippen LogP contribution in [0.25, 0.3) is 5.70 Å². The number of benzene rings is 1. The van der Waals surface area contributed by atoms with Gasteiger partial charge >= 0.3 is 0 Å². The van der Waals surface area contributed by atoms with Gasteiger partial charge in [0.15, 0.2) is 0 Å². The van der Waals surface area contributed by atoms with Crippen molar-refractivity contribution >= 4 is 18.1 Å². The third-order valence-corrected chi connectivity index (χ3v) is 1.81. The maximum absolute atomic E-state index is 13.3. The summed E-state index contributed by atoms with van der Waals surface area (Å²) in [4.78, 5) is 3.53. The molecule has 14 heavy (non-hydrogen) atoms. The van der Waals surface area contributed by atoms with Crippen LogP contribution in [0.15, 0.2) is 23.7 Å². The van der Waals surface area contributed by atoms with Crippen molar-refractivity contribution in [2.24, 2.45) is 4.99 Å². The van der Waals surface area contributed by atoms with Gasteiger partial charge in [-0.05, 0) is 6.72 Å². The van der Waals surface area contributed by atoms with Crippen LogP contribution in [0.5, 0.6) is 0 Å². The maximum atomic E-state index is 13.3. The average molecular weight is 196 g/mol. The molecule has 0 aliphatic rings. The molecule has 1 N–H and O–H groups in total. The van der Waals surface area contributed by atoms with E-state index in [1.165, 1.54) is 0 Å². The predicted octanol–water partition coefficient (Wildman–Crippen LogP) is 2.49. The Morgan fingerprint density at radius 2 is 2.07 bits per heavy atom. The van der Waals surface area contributed by atoms with E-state index in [-0.39, 0.29) is 11.3 Å². The van der Waals surface area contributed by atoms with Crippen molar-refractivity contribution in [3.8, 4) is 0 Å². The first-order valence-corrected chi connectivity index (χ1v) is 3.93. The minimum absolute atomic E-state index is 0.141. The van der Waals surface area contributed by atoms with Gasteiger partial charge in [-0.1, -0.05) is 6.58 Å². The summed E-state index contributed by atoms with van der Waals surface area (Å²) in [5, 5.41) is 2.67. The van der Waals surface area contributed by atoms with E-state index < -0.39 is 11.6 Å². The third-order valence-electron chi connectivity index (χ3n) is 1.81. The Bertz CT molecular complexity index is 386. The molecule has 74 valence electrons. The van der Waals surface area contributed by atoms with Crippen molar-refractivity contribution in [2.75, 3.05) is 7.05 Å². The summed E-state index contributed by atoms with van der Waals surface area (Å²) >= 11 is 0. The van der Waals surface area contributed by atoms with Crippen LogP contribution in [-0.4, -0.2) is 13.8 Å². The molecule has 0 saturated heterocycles. The van der Waals surface area contributed by atoms with E-state index in [1.807, 2.05) is 0 Å². The summed E-state index contributed by atoms with van der Waals surface area (Å²) in [6, 6.07) is 1.89. The molecule has 0 heterocycles. The van der Waals surface area contributed by atoms with Gasteiger partial charge in [0.25, 0.3) is 0 Å². The van der Waals surface area contributed by atoms with Crippen LogP contribution in [0.3, 0.4) is 0 Å². The van der Waals surface area contributed by atoms with Gasteiger partial charge in [0, 0.05) is 24.9 Å². The Hall–Kier alpha value is -1.71. The Kier molecular flexibility index (Phi) is 2.96. The topological polar surface area (TPSA) is 24.4 Å². The van der Waals surface area contributed by atoms with Crippen LogP contribution < -0.4 is 5.32 Å². The van der Waals surface area contributed by atoms with Gasteiger partial charge in [0.05, 0.1) is 11.3 Å². The van der Waals surface area contributed by atoms with E-state index in [0.29, 0.717) is 5.70 Å². The second-order valence-corrected chi connectivity index (χ2v) is 2.67. The zero-order valence-electron chi connectivity index (χ0n) is 7.77. The normalized spacial score (nSPS) is 9.64. The number of hydrogen-bond acceptors (Lipinski definition) is 2. The van der Waals surface area contributed by atoms with Crippen molar-refractivity contribution < 1.29 is 8.78 Å². The van der Waals surface area contributed by atoms with Crippen molar-refractivity contribution in [3.63, 3.8) is 0 Å². The molecule has 0 unspecified atom stereocenters. The lowest BCUT2D eigenvalue weighted by Crippen LogP contribution is -2.05. The highest BCUT2D eigenvalue weighted by Crippen LogP contribution is 2.27. The lowest BCUT2D eigenvalue weighted by Gasteiger charge is -2.09. The SMILES string of the molecule is C=Nc1cc(F)cc(F)c1C(=C)NC. The van der Waals surface area contributed by atoms with E-state index in [0.717, 1.165) is 12.1 Å². The molecule has 0 aromatic heterocycles. The van der Waals surface area contributed by atoms with Gasteiger partial charge in [-0.25, -0.2) is 8.78 Å². The average Bonchev–Trinajstić information content (AvgIpc) is 2.15. The number of hydrogen-bond donors (Lipinski definition) is 1. The van der Waals surface area contributed by atoms with Crippen molar-refractivity contribution in [1.82, 2.24) is 5.32 Å². The van der Waals surface area contributed by atoms with E-state index in [1.54, 1.807) is 7.05 Å². The lowest BCUT2D eigenvalue weighted by atomic mass is 10.1. The fraction of sp³-hybridized carbons (Fsp3) is 0.100. The monoisotopic (exact) mass is 196 g/mol. The Morgan fingerprint density at radius 1 is 1.43 bits per heavy atom. The first kappa shape index (κ1) is 10.4. The molecule has 0 fully saturated rings. The predicted molar refractivity (Wildman–Crippen MR) is 53.7 cm³/mol. The maximum Gasteiger partial charge on any atom is 0.137 e. The van der Waals surface area contributed by atoms with Crippen molar-refractivity contribution in [2.45, 2.75) is 0 Å². The van der Waals surface area contributed by atoms with Crippen LogP contribution in [0, 0.1) is 11.6 Å². The molecule has 0 bridgehead atoms. The van der Waals surface area contributed by atoms with Gasteiger partial charge in [0.1, 0.15) is 11.6 Å². The Balaban J connectivity index is 3.39. The first-order valence-electron chi connectivity index (χ1n) is 3.93. The molecule has 0 aliphatic carbocycles. The van der Waals surface area contributed by atoms with Crippen LogP contribution in [0.1, 0.15) is 5.56 Å². The quantitative estimate of drug-likeness (QED) is 0.738. The molecule has 0 amide bonds. The largest absolute Gasteiger partial charge is 0.388 e. The number of nitrogens with zero attached hydrogens (tertiary/aromatic N) is 1. The molecule has 0 aliphatic heterocycles. The van der Waals surface area contributed by atoms with Gasteiger partial charge in [-0.3, -0.25) is 4.99 Å². The standard InChI is InChI=1S/C10H10F2N2/c1-6(13-2)10-8(12)4-7(11)5-9(10)14-3/h4-5,13H,1,3H2,2H3. The second-order valence-electron chi connectivity index (χ2n) is 2.67. The van der Waals surface area contributed by atoms with Gasteiger partial charge in [-0.2, -0.15) is 0 Å². The summed E-state index contributed by atoms with van der Waals surface area (Å²) in [5.41, 5.74) is 0.621. The fourth-order valence-corrected chi connectivity index (χ4v) is 1.11. The summed E-state index contributed by atoms with van der Waals surface area (Å²) in [6.45, 7) is 6.82. The van der Waals surface area contributed by atoms with Gasteiger partial charge < -0.3 is 5.32 Å². The number of rotatable bonds is 3. The van der Waals surface area contributed by atoms with E-state index in [9.17, 15) is 8.78 Å². The molecule has 0 radical (unpaired) electrons. The first-order chi connectivity index (χ1) is 6.60. The summed E-state index contributed by atoms with van der Waals surface area (Å²) in [6.07, 6.45) is 0. The highest BCUT2D eigenvalue weighted by atomic mass is 19.1. The molecule has 1 rings (SSSR count). The van der Waals surface area contributed by atoms with Gasteiger partial charge in [-0.15, -0.1) is 0 Å². The van der Waals surface area contributed by atoms with E-state index in [4.69, 9.17) is 0 Å². The molecule has 0 atom stereocenters. The number of aliphatic imine (C=N–C) groups is 1. The van der Waals surface area contributed by atoms with E-state index >= 15 is 0 Å². The summed E-state index contributed by atoms with van der Waals surface area (Å²) < 4.78 is 26.1. The van der Waals surface area contributed by atoms with E-state index in [2.05, 4.69) is 23.6 Å². The number of halogens is 2.